The molecule has 1 aliphatic carbocycles. The number of ether oxygens (including phenoxy) is 2. The van der Waals surface area contributed by atoms with Gasteiger partial charge >= 0.3 is 0 Å². The molecule has 1 saturated carbocycles. The zero-order valence-corrected chi connectivity index (χ0v) is 10.3. The maximum atomic E-state index is 7.90. The summed E-state index contributed by atoms with van der Waals surface area (Å²) >= 11 is 0. The van der Waals surface area contributed by atoms with Gasteiger partial charge < -0.3 is 9.47 Å². The predicted molar refractivity (Wildman–Crippen MR) is 63.1 cm³/mol. The van der Waals surface area contributed by atoms with E-state index in [1.54, 1.807) is 0 Å². The molecule has 16 heavy (non-hydrogen) atoms. The Labute approximate surface area is 99.4 Å². The quantitative estimate of drug-likeness (QED) is 0.586. The standard InChI is InChI=1S/C14H22O2/c1-11-9-15-13(2)12(11)8-14(10-16-13)6-4-3-5-7-14/h3-10H2,1-2H3/i9D. The second-order valence-electron chi connectivity index (χ2n) is 5.87. The van der Waals surface area contributed by atoms with Crippen molar-refractivity contribution in [2.75, 3.05) is 13.2 Å². The molecule has 2 heterocycles. The van der Waals surface area contributed by atoms with Gasteiger partial charge in [0.25, 0.3) is 0 Å². The van der Waals surface area contributed by atoms with Crippen LogP contribution in [0, 0.1) is 5.41 Å². The molecule has 2 heteroatoms. The van der Waals surface area contributed by atoms with Crippen LogP contribution in [-0.2, 0) is 9.47 Å². The summed E-state index contributed by atoms with van der Waals surface area (Å²) < 4.78 is 19.6. The van der Waals surface area contributed by atoms with E-state index in [-0.39, 0.29) is 0 Å². The minimum Gasteiger partial charge on any atom is -0.346 e. The summed E-state index contributed by atoms with van der Waals surface area (Å²) in [4.78, 5) is 0. The Morgan fingerprint density at radius 2 is 1.94 bits per heavy atom. The molecule has 1 spiro atoms. The minimum atomic E-state index is -0.598. The average molecular weight is 223 g/mol. The third-order valence-electron chi connectivity index (χ3n) is 4.60. The summed E-state index contributed by atoms with van der Waals surface area (Å²) in [6.45, 7) is 4.31. The van der Waals surface area contributed by atoms with E-state index in [1.807, 2.05) is 13.8 Å². The van der Waals surface area contributed by atoms with Crippen LogP contribution in [0.25, 0.3) is 0 Å². The summed E-state index contributed by atoms with van der Waals surface area (Å²) in [5.41, 5.74) is 2.68. The Morgan fingerprint density at radius 1 is 1.19 bits per heavy atom. The van der Waals surface area contributed by atoms with Crippen LogP contribution >= 0.6 is 0 Å². The molecule has 2 atom stereocenters. The van der Waals surface area contributed by atoms with Gasteiger partial charge in [-0.2, -0.15) is 0 Å². The molecule has 0 amide bonds. The first-order chi connectivity index (χ1) is 8.05. The Morgan fingerprint density at radius 3 is 2.69 bits per heavy atom. The molecule has 90 valence electrons. The number of hydrogen-bond donors (Lipinski definition) is 0. The van der Waals surface area contributed by atoms with E-state index in [4.69, 9.17) is 10.8 Å². The second-order valence-corrected chi connectivity index (χ2v) is 5.87. The molecule has 2 nitrogen and oxygen atoms in total. The van der Waals surface area contributed by atoms with Crippen molar-refractivity contribution in [2.45, 2.75) is 58.2 Å². The van der Waals surface area contributed by atoms with Crippen LogP contribution in [0.2, 0.25) is 0 Å². The minimum absolute atomic E-state index is 0.349. The van der Waals surface area contributed by atoms with Crippen LogP contribution in [0.15, 0.2) is 11.1 Å². The average Bonchev–Trinajstić information content (AvgIpc) is 2.54. The van der Waals surface area contributed by atoms with Crippen molar-refractivity contribution in [1.82, 2.24) is 0 Å². The molecule has 0 aromatic carbocycles. The Hall–Kier alpha value is -0.340. The normalized spacial score (nSPS) is 43.4. The van der Waals surface area contributed by atoms with E-state index in [9.17, 15) is 0 Å². The number of fused-ring (bicyclic) bond motifs is 1. The smallest absolute Gasteiger partial charge is 0.188 e. The first-order valence-corrected chi connectivity index (χ1v) is 6.49. The molecular weight excluding hydrogens is 200 g/mol. The van der Waals surface area contributed by atoms with Crippen molar-refractivity contribution in [3.05, 3.63) is 11.1 Å². The molecule has 0 aromatic heterocycles. The summed E-state index contributed by atoms with van der Waals surface area (Å²) in [6.07, 6.45) is 7.68. The monoisotopic (exact) mass is 223 g/mol. The zero-order valence-electron chi connectivity index (χ0n) is 11.3. The topological polar surface area (TPSA) is 18.5 Å². The highest BCUT2D eigenvalue weighted by Gasteiger charge is 2.48. The van der Waals surface area contributed by atoms with Crippen molar-refractivity contribution < 1.29 is 10.8 Å². The maximum absolute atomic E-state index is 7.90. The van der Waals surface area contributed by atoms with E-state index in [0.717, 1.165) is 18.6 Å². The van der Waals surface area contributed by atoms with Gasteiger partial charge in [-0.15, -0.1) is 0 Å². The Kier molecular flexibility index (Phi) is 2.16. The van der Waals surface area contributed by atoms with Crippen molar-refractivity contribution >= 4 is 0 Å². The summed E-state index contributed by atoms with van der Waals surface area (Å²) in [5, 5.41) is 0. The molecule has 0 bridgehead atoms. The van der Waals surface area contributed by atoms with Gasteiger partial charge in [-0.05, 0) is 49.7 Å². The van der Waals surface area contributed by atoms with Gasteiger partial charge in [-0.25, -0.2) is 0 Å². The zero-order chi connectivity index (χ0) is 12.1. The van der Waals surface area contributed by atoms with Gasteiger partial charge in [0.15, 0.2) is 5.79 Å². The van der Waals surface area contributed by atoms with E-state index < -0.39 is 12.4 Å². The lowest BCUT2D eigenvalue weighted by molar-refractivity contribution is -0.222. The highest BCUT2D eigenvalue weighted by Crippen LogP contribution is 2.51. The maximum Gasteiger partial charge on any atom is 0.188 e. The van der Waals surface area contributed by atoms with Crippen molar-refractivity contribution in [3.63, 3.8) is 0 Å². The molecule has 0 radical (unpaired) electrons. The molecule has 3 aliphatic rings. The first kappa shape index (κ1) is 9.67. The fraction of sp³-hybridized carbons (Fsp3) is 0.857. The first-order valence-electron chi connectivity index (χ1n) is 7.07. The second kappa shape index (κ2) is 3.58. The number of hydrogen-bond acceptors (Lipinski definition) is 2. The van der Waals surface area contributed by atoms with Crippen LogP contribution in [0.4, 0.5) is 0 Å². The Balaban J connectivity index is 1.88. The molecular formula is C14H22O2. The van der Waals surface area contributed by atoms with Crippen molar-refractivity contribution in [3.8, 4) is 0 Å². The summed E-state index contributed by atoms with van der Waals surface area (Å²) in [7, 11) is 0. The van der Waals surface area contributed by atoms with Gasteiger partial charge in [0, 0.05) is 0 Å². The third-order valence-corrected chi connectivity index (χ3v) is 4.60. The van der Waals surface area contributed by atoms with E-state index in [1.165, 1.54) is 37.7 Å². The molecule has 0 aromatic rings. The lowest BCUT2D eigenvalue weighted by Gasteiger charge is -2.46. The third kappa shape index (κ3) is 1.54. The van der Waals surface area contributed by atoms with Gasteiger partial charge in [-0.1, -0.05) is 19.3 Å². The molecule has 1 saturated heterocycles. The fourth-order valence-electron chi connectivity index (χ4n) is 3.46. The van der Waals surface area contributed by atoms with Crippen LogP contribution in [0.5, 0.6) is 0 Å². The number of rotatable bonds is 0. The van der Waals surface area contributed by atoms with E-state index >= 15 is 0 Å². The largest absolute Gasteiger partial charge is 0.346 e. The fourth-order valence-corrected chi connectivity index (χ4v) is 3.46. The van der Waals surface area contributed by atoms with E-state index in [2.05, 4.69) is 0 Å². The van der Waals surface area contributed by atoms with E-state index in [0.29, 0.717) is 5.41 Å². The van der Waals surface area contributed by atoms with Gasteiger partial charge in [-0.3, -0.25) is 0 Å². The van der Waals surface area contributed by atoms with Crippen LogP contribution in [-0.4, -0.2) is 19.0 Å². The summed E-state index contributed by atoms with van der Waals surface area (Å²) in [5.74, 6) is -0.598. The van der Waals surface area contributed by atoms with Gasteiger partial charge in [0.2, 0.25) is 0 Å². The lowest BCUT2D eigenvalue weighted by atomic mass is 9.68. The van der Waals surface area contributed by atoms with Crippen LogP contribution in [0.1, 0.15) is 53.7 Å². The van der Waals surface area contributed by atoms with Crippen molar-refractivity contribution in [1.29, 1.82) is 0 Å². The van der Waals surface area contributed by atoms with Crippen molar-refractivity contribution in [2.24, 2.45) is 5.41 Å². The van der Waals surface area contributed by atoms with Gasteiger partial charge in [0.05, 0.1) is 14.6 Å². The highest BCUT2D eigenvalue weighted by atomic mass is 16.7. The van der Waals surface area contributed by atoms with Gasteiger partial charge in [0.1, 0.15) is 0 Å². The molecule has 2 unspecified atom stereocenters. The lowest BCUT2D eigenvalue weighted by Crippen LogP contribution is -2.45. The van der Waals surface area contributed by atoms with Crippen LogP contribution < -0.4 is 0 Å². The predicted octanol–water partition coefficient (Wildman–Crippen LogP) is 3.42. The SMILES string of the molecule is [2H]C1OC2(C)OCC3(CCCCC3)CC2=C1C. The molecule has 0 N–H and O–H groups in total. The highest BCUT2D eigenvalue weighted by molar-refractivity contribution is 5.28. The molecule has 2 fully saturated rings. The molecule has 3 rings (SSSR count). The summed E-state index contributed by atoms with van der Waals surface area (Å²) in [6, 6.07) is 0. The van der Waals surface area contributed by atoms with Crippen LogP contribution in [0.3, 0.4) is 0 Å². The Bertz CT molecular complexity index is 357. The molecule has 2 aliphatic heterocycles.